The zero-order valence-electron chi connectivity index (χ0n) is 16.7. The molecule has 2 amide bonds. The number of carbonyl (C=O) groups is 2. The summed E-state index contributed by atoms with van der Waals surface area (Å²) >= 11 is 4.61. The second kappa shape index (κ2) is 7.90. The summed E-state index contributed by atoms with van der Waals surface area (Å²) in [4.78, 5) is 31.5. The normalized spacial score (nSPS) is 15.9. The van der Waals surface area contributed by atoms with Crippen LogP contribution < -0.4 is 13.8 Å². The number of carbonyl (C=O) groups excluding carboxylic acids is 2. The minimum atomic E-state index is -0.303. The molecule has 1 aromatic heterocycles. The van der Waals surface area contributed by atoms with E-state index in [1.807, 2.05) is 6.07 Å². The van der Waals surface area contributed by atoms with Crippen LogP contribution >= 0.6 is 11.3 Å². The van der Waals surface area contributed by atoms with E-state index in [0.717, 1.165) is 9.88 Å². The molecule has 0 saturated carbocycles. The molecule has 8 heteroatoms. The summed E-state index contributed by atoms with van der Waals surface area (Å²) in [5.41, 5.74) is 2.54. The second-order valence-corrected chi connectivity index (χ2v) is 11.3. The van der Waals surface area contributed by atoms with Gasteiger partial charge in [0.05, 0.1) is 0 Å². The van der Waals surface area contributed by atoms with Gasteiger partial charge in [0, 0.05) is 0 Å². The summed E-state index contributed by atoms with van der Waals surface area (Å²) in [5, 5.41) is 1.05. The van der Waals surface area contributed by atoms with E-state index in [9.17, 15) is 9.59 Å². The number of thiophene rings is 1. The Morgan fingerprint density at radius 2 is 1.39 bits per heavy atom. The Kier molecular flexibility index (Phi) is 5.21. The Morgan fingerprint density at radius 3 is 1.97 bits per heavy atom. The fourth-order valence-electron chi connectivity index (χ4n) is 3.60. The van der Waals surface area contributed by atoms with Gasteiger partial charge in [-0.2, -0.15) is 0 Å². The molecule has 2 aromatic carbocycles. The van der Waals surface area contributed by atoms with E-state index >= 15 is 0 Å². The van der Waals surface area contributed by atoms with Crippen molar-refractivity contribution in [2.75, 3.05) is 19.0 Å². The van der Waals surface area contributed by atoms with Crippen molar-refractivity contribution in [3.05, 3.63) is 71.1 Å². The predicted molar refractivity (Wildman–Crippen MR) is 128 cm³/mol. The van der Waals surface area contributed by atoms with Gasteiger partial charge in [0.15, 0.2) is 0 Å². The molecular weight excluding hydrogens is 540 g/mol. The van der Waals surface area contributed by atoms with Crippen LogP contribution in [0.25, 0.3) is 6.08 Å². The quantitative estimate of drug-likeness (QED) is 0.215. The van der Waals surface area contributed by atoms with E-state index in [-0.39, 0.29) is 32.3 Å². The van der Waals surface area contributed by atoms with Crippen molar-refractivity contribution in [1.29, 1.82) is 0 Å². The van der Waals surface area contributed by atoms with Crippen LogP contribution in [0.4, 0.5) is 16.4 Å². The summed E-state index contributed by atoms with van der Waals surface area (Å²) in [5.74, 6) is -0.605. The Balaban J connectivity index is 1.57. The molecule has 0 spiro atoms. The van der Waals surface area contributed by atoms with Crippen LogP contribution in [0.5, 0.6) is 0 Å². The SMILES string of the molecule is CN1C(=O)C(=Cc2ccc(N3c4ccccc4[Se]c4ccccc43)s2)C(=O)N(C)C1=[Se]. The Bertz CT molecular complexity index is 1210. The Morgan fingerprint density at radius 1 is 0.839 bits per heavy atom. The van der Waals surface area contributed by atoms with Crippen LogP contribution in [0, 0.1) is 0 Å². The van der Waals surface area contributed by atoms with Crippen LogP contribution in [0.15, 0.2) is 66.2 Å². The number of fused-ring (bicyclic) bond motifs is 2. The first-order valence-electron chi connectivity index (χ1n) is 9.53. The summed E-state index contributed by atoms with van der Waals surface area (Å²) in [6, 6.07) is 21.0. The van der Waals surface area contributed by atoms with Crippen molar-refractivity contribution in [3.8, 4) is 0 Å². The van der Waals surface area contributed by atoms with Gasteiger partial charge in [-0.05, 0) is 0 Å². The zero-order valence-corrected chi connectivity index (χ0v) is 21.0. The molecule has 0 bridgehead atoms. The number of hydrogen-bond acceptors (Lipinski definition) is 4. The van der Waals surface area contributed by atoms with Gasteiger partial charge >= 0.3 is 199 Å². The molecule has 3 aromatic rings. The second-order valence-electron chi connectivity index (χ2n) is 7.12. The standard InChI is InChI=1S/C23H17N3O2SSe2/c1-24-21(27)15(22(28)25(2)23(24)30)13-14-11-12-20(29-14)26-16-7-3-5-9-18(16)31-19-10-6-4-8-17(19)26/h3-13H,1-2H3. The van der Waals surface area contributed by atoms with E-state index in [4.69, 9.17) is 0 Å². The summed E-state index contributed by atoms with van der Waals surface area (Å²) in [7, 11) is 3.32. The molecule has 0 aliphatic carbocycles. The average Bonchev–Trinajstić information content (AvgIpc) is 3.25. The van der Waals surface area contributed by atoms with Gasteiger partial charge in [-0.1, -0.05) is 0 Å². The number of rotatable bonds is 2. The molecule has 2 aliphatic rings. The Hall–Kier alpha value is -2.47. The Labute approximate surface area is 198 Å². The monoisotopic (exact) mass is 559 g/mol. The molecule has 0 N–H and O–H groups in total. The summed E-state index contributed by atoms with van der Waals surface area (Å²) in [6.45, 7) is 0. The number of nitrogens with zero attached hydrogens (tertiary/aromatic N) is 3. The number of hydrogen-bond donors (Lipinski definition) is 0. The molecular formula is C23H17N3O2SSe2. The zero-order chi connectivity index (χ0) is 21.7. The van der Waals surface area contributed by atoms with Crippen LogP contribution in [-0.2, 0) is 9.59 Å². The number of benzene rings is 2. The van der Waals surface area contributed by atoms with E-state index in [1.54, 1.807) is 31.5 Å². The molecule has 1 saturated heterocycles. The van der Waals surface area contributed by atoms with Crippen molar-refractivity contribution in [3.63, 3.8) is 0 Å². The van der Waals surface area contributed by atoms with Gasteiger partial charge in [-0.3, -0.25) is 0 Å². The third-order valence-electron chi connectivity index (χ3n) is 5.20. The van der Waals surface area contributed by atoms with Gasteiger partial charge in [-0.15, -0.1) is 0 Å². The fourth-order valence-corrected chi connectivity index (χ4v) is 7.15. The van der Waals surface area contributed by atoms with Crippen molar-refractivity contribution in [1.82, 2.24) is 9.80 Å². The maximum atomic E-state index is 12.7. The molecule has 3 heterocycles. The third kappa shape index (κ3) is 3.41. The topological polar surface area (TPSA) is 43.9 Å². The van der Waals surface area contributed by atoms with E-state index in [1.165, 1.54) is 30.1 Å². The molecule has 2 aliphatic heterocycles. The molecule has 5 rings (SSSR count). The molecule has 0 atom stereocenters. The first-order chi connectivity index (χ1) is 15.0. The van der Waals surface area contributed by atoms with Gasteiger partial charge < -0.3 is 0 Å². The maximum absolute atomic E-state index is 12.7. The molecule has 1 fully saturated rings. The number of anilines is 3. The number of amides is 2. The predicted octanol–water partition coefficient (Wildman–Crippen LogP) is 1.76. The van der Waals surface area contributed by atoms with Crippen LogP contribution in [0.2, 0.25) is 0 Å². The number of likely N-dealkylation sites (N-methyl/N-ethyl adjacent to an activating group) is 2. The molecule has 31 heavy (non-hydrogen) atoms. The fraction of sp³-hybridized carbons (Fsp3) is 0.0870. The van der Waals surface area contributed by atoms with Crippen molar-refractivity contribution >= 4 is 89.7 Å². The summed E-state index contributed by atoms with van der Waals surface area (Å²) in [6.07, 6.45) is 1.70. The van der Waals surface area contributed by atoms with E-state index in [0.29, 0.717) is 4.67 Å². The van der Waals surface area contributed by atoms with Crippen molar-refractivity contribution < 1.29 is 9.59 Å². The molecule has 0 radical (unpaired) electrons. The van der Waals surface area contributed by atoms with Crippen molar-refractivity contribution in [2.24, 2.45) is 0 Å². The average molecular weight is 557 g/mol. The minimum absolute atomic E-state index is 0.167. The first-order valence-corrected chi connectivity index (χ1v) is 12.9. The number of para-hydroxylation sites is 2. The summed E-state index contributed by atoms with van der Waals surface area (Å²) < 4.78 is 3.18. The van der Waals surface area contributed by atoms with E-state index < -0.39 is 0 Å². The molecule has 154 valence electrons. The van der Waals surface area contributed by atoms with Crippen molar-refractivity contribution in [2.45, 2.75) is 0 Å². The van der Waals surface area contributed by atoms with Gasteiger partial charge in [-0.25, -0.2) is 0 Å². The molecule has 5 nitrogen and oxygen atoms in total. The van der Waals surface area contributed by atoms with Crippen LogP contribution in [0.3, 0.4) is 0 Å². The molecule has 0 unspecified atom stereocenters. The third-order valence-corrected chi connectivity index (χ3v) is 9.73. The van der Waals surface area contributed by atoms with Gasteiger partial charge in [0.2, 0.25) is 0 Å². The first kappa shape index (κ1) is 20.4. The van der Waals surface area contributed by atoms with Gasteiger partial charge in [0.25, 0.3) is 0 Å². The van der Waals surface area contributed by atoms with E-state index in [2.05, 4.69) is 75.1 Å². The van der Waals surface area contributed by atoms with Crippen LogP contribution in [0.1, 0.15) is 4.88 Å². The van der Waals surface area contributed by atoms with Crippen LogP contribution in [-0.4, -0.2) is 70.9 Å². The van der Waals surface area contributed by atoms with Gasteiger partial charge in [0.1, 0.15) is 0 Å².